The summed E-state index contributed by atoms with van der Waals surface area (Å²) < 4.78 is 0. The van der Waals surface area contributed by atoms with E-state index in [4.69, 9.17) is 0 Å². The lowest BCUT2D eigenvalue weighted by molar-refractivity contribution is -0.123. The van der Waals surface area contributed by atoms with Crippen molar-refractivity contribution in [3.05, 3.63) is 0 Å². The van der Waals surface area contributed by atoms with E-state index in [1.807, 2.05) is 0 Å². The summed E-state index contributed by atoms with van der Waals surface area (Å²) >= 11 is 0. The molecule has 3 rings (SSSR count). The molecule has 96 valence electrons. The van der Waals surface area contributed by atoms with E-state index in [9.17, 15) is 4.79 Å². The van der Waals surface area contributed by atoms with Gasteiger partial charge in [0.15, 0.2) is 0 Å². The Bertz CT molecular complexity index is 305. The van der Waals surface area contributed by atoms with Crippen LogP contribution in [0.4, 0.5) is 0 Å². The van der Waals surface area contributed by atoms with E-state index < -0.39 is 0 Å². The average molecular weight is 236 g/mol. The van der Waals surface area contributed by atoms with Crippen molar-refractivity contribution < 1.29 is 4.79 Å². The first-order valence-electron chi connectivity index (χ1n) is 7.20. The van der Waals surface area contributed by atoms with Crippen LogP contribution < -0.4 is 10.6 Å². The van der Waals surface area contributed by atoms with Crippen LogP contribution in [0.2, 0.25) is 0 Å². The largest absolute Gasteiger partial charge is 0.356 e. The van der Waals surface area contributed by atoms with Crippen LogP contribution in [-0.4, -0.2) is 25.5 Å². The Hall–Kier alpha value is -0.570. The minimum atomic E-state index is 0.330. The Kier molecular flexibility index (Phi) is 2.89. The molecule has 0 radical (unpaired) electrons. The monoisotopic (exact) mass is 236 g/mol. The van der Waals surface area contributed by atoms with Crippen molar-refractivity contribution >= 4 is 5.91 Å². The van der Waals surface area contributed by atoms with E-state index in [1.165, 1.54) is 25.7 Å². The second-order valence-corrected chi connectivity index (χ2v) is 6.43. The van der Waals surface area contributed by atoms with Gasteiger partial charge in [0.25, 0.3) is 0 Å². The van der Waals surface area contributed by atoms with Gasteiger partial charge in [-0.3, -0.25) is 4.79 Å². The lowest BCUT2D eigenvalue weighted by Crippen LogP contribution is -2.35. The summed E-state index contributed by atoms with van der Waals surface area (Å²) in [6, 6.07) is 0. The van der Waals surface area contributed by atoms with Crippen LogP contribution >= 0.6 is 0 Å². The fraction of sp³-hybridized carbons (Fsp3) is 0.929. The van der Waals surface area contributed by atoms with Crippen molar-refractivity contribution in [1.82, 2.24) is 10.6 Å². The highest BCUT2D eigenvalue weighted by Gasteiger charge is 2.57. The molecular formula is C14H24N2O. The predicted molar refractivity (Wildman–Crippen MR) is 67.5 cm³/mol. The molecule has 1 amide bonds. The summed E-state index contributed by atoms with van der Waals surface area (Å²) in [4.78, 5) is 12.1. The maximum Gasteiger partial charge on any atom is 0.223 e. The molecule has 3 fully saturated rings. The molecule has 2 unspecified atom stereocenters. The van der Waals surface area contributed by atoms with Gasteiger partial charge in [-0.05, 0) is 62.4 Å². The van der Waals surface area contributed by atoms with Crippen LogP contribution in [0, 0.1) is 23.2 Å². The molecule has 3 aliphatic rings. The van der Waals surface area contributed by atoms with Gasteiger partial charge >= 0.3 is 0 Å². The zero-order valence-electron chi connectivity index (χ0n) is 10.8. The smallest absolute Gasteiger partial charge is 0.223 e. The molecule has 2 N–H and O–H groups in total. The van der Waals surface area contributed by atoms with Gasteiger partial charge in [0.05, 0.1) is 0 Å². The molecule has 2 saturated carbocycles. The van der Waals surface area contributed by atoms with Crippen LogP contribution in [0.5, 0.6) is 0 Å². The summed E-state index contributed by atoms with van der Waals surface area (Å²) in [7, 11) is 0. The highest BCUT2D eigenvalue weighted by atomic mass is 16.2. The maximum atomic E-state index is 12.1. The quantitative estimate of drug-likeness (QED) is 0.777. The predicted octanol–water partition coefficient (Wildman–Crippen LogP) is 1.54. The molecule has 2 aliphatic carbocycles. The molecule has 1 aliphatic heterocycles. The van der Waals surface area contributed by atoms with Gasteiger partial charge < -0.3 is 10.6 Å². The van der Waals surface area contributed by atoms with Gasteiger partial charge in [-0.15, -0.1) is 0 Å². The van der Waals surface area contributed by atoms with Crippen molar-refractivity contribution in [2.75, 3.05) is 19.6 Å². The van der Waals surface area contributed by atoms with E-state index in [0.717, 1.165) is 32.0 Å². The van der Waals surface area contributed by atoms with Gasteiger partial charge in [0, 0.05) is 12.5 Å². The molecular weight excluding hydrogens is 212 g/mol. The molecule has 0 bridgehead atoms. The molecule has 2 atom stereocenters. The molecule has 0 aromatic carbocycles. The third-order valence-corrected chi connectivity index (χ3v) is 5.13. The number of amides is 1. The lowest BCUT2D eigenvalue weighted by Gasteiger charge is -2.23. The molecule has 17 heavy (non-hydrogen) atoms. The SMILES string of the molecule is CC(CNC(=O)C1CC12CCNCC2)C1CC1. The van der Waals surface area contributed by atoms with Crippen LogP contribution in [0.1, 0.15) is 39.0 Å². The summed E-state index contributed by atoms with van der Waals surface area (Å²) in [5.41, 5.74) is 0.387. The maximum absolute atomic E-state index is 12.1. The lowest BCUT2D eigenvalue weighted by atomic mass is 9.91. The minimum Gasteiger partial charge on any atom is -0.356 e. The van der Waals surface area contributed by atoms with Crippen molar-refractivity contribution in [3.8, 4) is 0 Å². The summed E-state index contributed by atoms with van der Waals surface area (Å²) in [6.45, 7) is 5.37. The Balaban J connectivity index is 1.44. The topological polar surface area (TPSA) is 41.1 Å². The summed E-state index contributed by atoms with van der Waals surface area (Å²) in [5, 5.41) is 6.56. The van der Waals surface area contributed by atoms with E-state index in [0.29, 0.717) is 23.2 Å². The molecule has 1 spiro atoms. The number of piperidine rings is 1. The standard InChI is InChI=1S/C14H24N2O/c1-10(11-2-3-11)9-16-13(17)12-8-14(12)4-6-15-7-5-14/h10-12,15H,2-9H2,1H3,(H,16,17). The van der Waals surface area contributed by atoms with Gasteiger partial charge in [-0.1, -0.05) is 6.92 Å². The average Bonchev–Trinajstić information content (AvgIpc) is 3.22. The normalized spacial score (nSPS) is 32.2. The van der Waals surface area contributed by atoms with Gasteiger partial charge in [-0.2, -0.15) is 0 Å². The van der Waals surface area contributed by atoms with Crippen molar-refractivity contribution in [2.24, 2.45) is 23.2 Å². The Morgan fingerprint density at radius 3 is 2.76 bits per heavy atom. The van der Waals surface area contributed by atoms with E-state index in [1.54, 1.807) is 0 Å². The minimum absolute atomic E-state index is 0.330. The van der Waals surface area contributed by atoms with E-state index in [-0.39, 0.29) is 0 Å². The molecule has 3 nitrogen and oxygen atoms in total. The van der Waals surface area contributed by atoms with Gasteiger partial charge in [0.2, 0.25) is 5.91 Å². The molecule has 0 aromatic heterocycles. The highest BCUT2D eigenvalue weighted by Crippen LogP contribution is 2.58. The molecule has 0 aromatic rings. The first-order valence-corrected chi connectivity index (χ1v) is 7.20. The summed E-state index contributed by atoms with van der Waals surface area (Å²) in [6.07, 6.45) is 6.27. The fourth-order valence-corrected chi connectivity index (χ4v) is 3.41. The van der Waals surface area contributed by atoms with Crippen molar-refractivity contribution in [2.45, 2.75) is 39.0 Å². The van der Waals surface area contributed by atoms with E-state index >= 15 is 0 Å². The second kappa shape index (κ2) is 4.27. The molecule has 3 heteroatoms. The number of carbonyl (C=O) groups excluding carboxylic acids is 1. The number of hydrogen-bond donors (Lipinski definition) is 2. The first kappa shape index (κ1) is 11.5. The molecule has 1 saturated heterocycles. The van der Waals surface area contributed by atoms with Crippen LogP contribution in [-0.2, 0) is 4.79 Å². The van der Waals surface area contributed by atoms with Crippen molar-refractivity contribution in [1.29, 1.82) is 0 Å². The van der Waals surface area contributed by atoms with Crippen LogP contribution in [0.25, 0.3) is 0 Å². The Morgan fingerprint density at radius 1 is 1.41 bits per heavy atom. The zero-order chi connectivity index (χ0) is 11.9. The second-order valence-electron chi connectivity index (χ2n) is 6.43. The highest BCUT2D eigenvalue weighted by molar-refractivity contribution is 5.82. The zero-order valence-corrected chi connectivity index (χ0v) is 10.8. The van der Waals surface area contributed by atoms with Gasteiger partial charge in [0.1, 0.15) is 0 Å². The molecule has 1 heterocycles. The first-order chi connectivity index (χ1) is 8.21. The van der Waals surface area contributed by atoms with Crippen LogP contribution in [0.3, 0.4) is 0 Å². The third-order valence-electron chi connectivity index (χ3n) is 5.13. The number of hydrogen-bond acceptors (Lipinski definition) is 2. The fourth-order valence-electron chi connectivity index (χ4n) is 3.41. The summed E-state index contributed by atoms with van der Waals surface area (Å²) in [5.74, 6) is 2.24. The number of nitrogens with one attached hydrogen (secondary N) is 2. The Labute approximate surface area is 104 Å². The van der Waals surface area contributed by atoms with Crippen LogP contribution in [0.15, 0.2) is 0 Å². The third kappa shape index (κ3) is 2.35. The van der Waals surface area contributed by atoms with Crippen molar-refractivity contribution in [3.63, 3.8) is 0 Å². The van der Waals surface area contributed by atoms with Gasteiger partial charge in [-0.25, -0.2) is 0 Å². The number of rotatable bonds is 4. The number of carbonyl (C=O) groups is 1. The van der Waals surface area contributed by atoms with E-state index in [2.05, 4.69) is 17.6 Å². The Morgan fingerprint density at radius 2 is 2.12 bits per heavy atom.